The molecule has 0 amide bonds. The number of anilines is 1. The Balaban J connectivity index is 1.47. The van der Waals surface area contributed by atoms with Crippen LogP contribution in [0.1, 0.15) is 30.7 Å². The van der Waals surface area contributed by atoms with Crippen molar-refractivity contribution in [2.75, 3.05) is 19.2 Å². The van der Waals surface area contributed by atoms with E-state index in [1.54, 1.807) is 0 Å². The zero-order valence-corrected chi connectivity index (χ0v) is 17.4. The van der Waals surface area contributed by atoms with Crippen LogP contribution >= 0.6 is 22.9 Å². The molecular weight excluding hydrogens is 414 g/mol. The van der Waals surface area contributed by atoms with E-state index in [2.05, 4.69) is 15.0 Å². The molecule has 1 aliphatic heterocycles. The fourth-order valence-electron chi connectivity index (χ4n) is 3.07. The number of fused-ring (bicyclic) bond motifs is 2. The van der Waals surface area contributed by atoms with Crippen LogP contribution < -0.4 is 14.8 Å². The number of ether oxygens (including phenoxy) is 3. The molecule has 152 valence electrons. The molecule has 0 saturated carbocycles. The van der Waals surface area contributed by atoms with Crippen LogP contribution in [0.2, 0.25) is 4.34 Å². The highest BCUT2D eigenvalue weighted by atomic mass is 35.5. The Bertz CT molecular complexity index is 1040. The number of nitrogens with zero attached hydrogens (tertiary/aromatic N) is 2. The molecule has 1 aliphatic rings. The second-order valence-electron chi connectivity index (χ2n) is 6.58. The number of methoxy groups -OCH3 is 1. The lowest BCUT2D eigenvalue weighted by Crippen LogP contribution is -2.05. The average molecular weight is 434 g/mol. The van der Waals surface area contributed by atoms with Crippen LogP contribution in [0.3, 0.4) is 0 Å². The number of unbranched alkanes of at least 4 members (excludes halogenated alkanes) is 1. The smallest absolute Gasteiger partial charge is 0.305 e. The number of aryl methyl sites for hydroxylation is 1. The van der Waals surface area contributed by atoms with Gasteiger partial charge in [0.25, 0.3) is 0 Å². The van der Waals surface area contributed by atoms with E-state index in [-0.39, 0.29) is 12.8 Å². The molecule has 0 spiro atoms. The molecule has 0 fully saturated rings. The van der Waals surface area contributed by atoms with Gasteiger partial charge in [-0.1, -0.05) is 17.7 Å². The number of hydrogen-bond acceptors (Lipinski definition) is 8. The maximum absolute atomic E-state index is 11.3. The van der Waals surface area contributed by atoms with Crippen molar-refractivity contribution >= 4 is 44.9 Å². The Morgan fingerprint density at radius 2 is 2.10 bits per heavy atom. The minimum atomic E-state index is -0.197. The van der Waals surface area contributed by atoms with Gasteiger partial charge >= 0.3 is 5.97 Å². The maximum Gasteiger partial charge on any atom is 0.305 e. The summed E-state index contributed by atoms with van der Waals surface area (Å²) in [6.07, 6.45) is 2.63. The standard InChI is InChI=1S/C20H20ClN3O4S/c1-26-18(25)5-3-2-4-17-23-19(13-9-16(21)29-20(13)24-17)22-10-12-6-7-14-15(8-12)28-11-27-14/h6-9H,2-5,10-11H2,1H3,(H,22,23,24). The van der Waals surface area contributed by atoms with Crippen LogP contribution in [0.5, 0.6) is 11.5 Å². The lowest BCUT2D eigenvalue weighted by atomic mass is 10.2. The van der Waals surface area contributed by atoms with Crippen molar-refractivity contribution in [3.05, 3.63) is 40.0 Å². The summed E-state index contributed by atoms with van der Waals surface area (Å²) < 4.78 is 16.1. The van der Waals surface area contributed by atoms with Gasteiger partial charge in [0.15, 0.2) is 11.5 Å². The lowest BCUT2D eigenvalue weighted by molar-refractivity contribution is -0.140. The van der Waals surface area contributed by atoms with E-state index in [0.717, 1.165) is 51.8 Å². The zero-order valence-electron chi connectivity index (χ0n) is 15.9. The van der Waals surface area contributed by atoms with E-state index in [1.807, 2.05) is 24.3 Å². The van der Waals surface area contributed by atoms with Gasteiger partial charge in [0.2, 0.25) is 6.79 Å². The molecule has 1 N–H and O–H groups in total. The number of aromatic nitrogens is 2. The summed E-state index contributed by atoms with van der Waals surface area (Å²) in [4.78, 5) is 21.4. The predicted molar refractivity (Wildman–Crippen MR) is 112 cm³/mol. The molecule has 29 heavy (non-hydrogen) atoms. The molecule has 0 aliphatic carbocycles. The van der Waals surface area contributed by atoms with Crippen LogP contribution in [0.4, 0.5) is 5.82 Å². The van der Waals surface area contributed by atoms with Gasteiger partial charge in [-0.3, -0.25) is 4.79 Å². The predicted octanol–water partition coefficient (Wildman–Crippen LogP) is 4.57. The highest BCUT2D eigenvalue weighted by molar-refractivity contribution is 7.22. The van der Waals surface area contributed by atoms with Gasteiger partial charge in [0, 0.05) is 19.4 Å². The van der Waals surface area contributed by atoms with Crippen molar-refractivity contribution < 1.29 is 19.0 Å². The molecule has 0 saturated heterocycles. The van der Waals surface area contributed by atoms with Gasteiger partial charge in [0.05, 0.1) is 16.8 Å². The van der Waals surface area contributed by atoms with Crippen LogP contribution in [0.25, 0.3) is 10.2 Å². The van der Waals surface area contributed by atoms with E-state index in [9.17, 15) is 4.79 Å². The largest absolute Gasteiger partial charge is 0.469 e. The number of benzene rings is 1. The number of carbonyl (C=O) groups is 1. The highest BCUT2D eigenvalue weighted by Gasteiger charge is 2.15. The van der Waals surface area contributed by atoms with Crippen LogP contribution in [-0.4, -0.2) is 29.8 Å². The average Bonchev–Trinajstić information content (AvgIpc) is 3.34. The summed E-state index contributed by atoms with van der Waals surface area (Å²) in [5.41, 5.74) is 1.06. The molecule has 3 aromatic rings. The molecule has 9 heteroatoms. The van der Waals surface area contributed by atoms with Crippen LogP contribution in [0.15, 0.2) is 24.3 Å². The molecule has 2 aromatic heterocycles. The third-order valence-electron chi connectivity index (χ3n) is 4.56. The van der Waals surface area contributed by atoms with E-state index in [0.29, 0.717) is 23.7 Å². The van der Waals surface area contributed by atoms with Gasteiger partial charge in [-0.15, -0.1) is 11.3 Å². The first-order valence-electron chi connectivity index (χ1n) is 9.27. The fourth-order valence-corrected chi connectivity index (χ4v) is 4.18. The minimum Gasteiger partial charge on any atom is -0.469 e. The fraction of sp³-hybridized carbons (Fsp3) is 0.350. The molecule has 3 heterocycles. The van der Waals surface area contributed by atoms with Crippen molar-refractivity contribution in [1.29, 1.82) is 0 Å². The van der Waals surface area contributed by atoms with Gasteiger partial charge in [-0.2, -0.15) is 0 Å². The van der Waals surface area contributed by atoms with Gasteiger partial charge < -0.3 is 19.5 Å². The molecule has 0 unspecified atom stereocenters. The van der Waals surface area contributed by atoms with Crippen LogP contribution in [0, 0.1) is 0 Å². The lowest BCUT2D eigenvalue weighted by Gasteiger charge is -2.09. The summed E-state index contributed by atoms with van der Waals surface area (Å²) in [5, 5.41) is 4.29. The van der Waals surface area contributed by atoms with Crippen molar-refractivity contribution in [3.63, 3.8) is 0 Å². The molecule has 0 bridgehead atoms. The Morgan fingerprint density at radius 1 is 1.24 bits per heavy atom. The van der Waals surface area contributed by atoms with Gasteiger partial charge in [-0.05, 0) is 36.6 Å². The van der Waals surface area contributed by atoms with E-state index in [1.165, 1.54) is 18.4 Å². The number of hydrogen-bond donors (Lipinski definition) is 1. The van der Waals surface area contributed by atoms with Crippen molar-refractivity contribution in [2.24, 2.45) is 0 Å². The first-order valence-corrected chi connectivity index (χ1v) is 10.5. The Morgan fingerprint density at radius 3 is 2.97 bits per heavy atom. The van der Waals surface area contributed by atoms with Crippen molar-refractivity contribution in [3.8, 4) is 11.5 Å². The minimum absolute atomic E-state index is 0.197. The Kier molecular flexibility index (Phi) is 6.01. The summed E-state index contributed by atoms with van der Waals surface area (Å²) in [5.74, 6) is 2.80. The summed E-state index contributed by atoms with van der Waals surface area (Å²) in [6.45, 7) is 0.837. The van der Waals surface area contributed by atoms with Crippen molar-refractivity contribution in [2.45, 2.75) is 32.2 Å². The molecule has 0 radical (unpaired) electrons. The topological polar surface area (TPSA) is 82.6 Å². The highest BCUT2D eigenvalue weighted by Crippen LogP contribution is 2.34. The monoisotopic (exact) mass is 433 g/mol. The summed E-state index contributed by atoms with van der Waals surface area (Å²) in [6, 6.07) is 7.74. The molecular formula is C20H20ClN3O4S. The molecule has 0 atom stereocenters. The van der Waals surface area contributed by atoms with Crippen molar-refractivity contribution in [1.82, 2.24) is 9.97 Å². The quantitative estimate of drug-likeness (QED) is 0.411. The van der Waals surface area contributed by atoms with Crippen LogP contribution in [-0.2, 0) is 22.5 Å². The second-order valence-corrected chi connectivity index (χ2v) is 8.24. The number of carbonyl (C=O) groups excluding carboxylic acids is 1. The number of thiophene rings is 1. The number of halogens is 1. The van der Waals surface area contributed by atoms with E-state index >= 15 is 0 Å². The molecule has 7 nitrogen and oxygen atoms in total. The summed E-state index contributed by atoms with van der Waals surface area (Å²) >= 11 is 7.64. The molecule has 1 aromatic carbocycles. The maximum atomic E-state index is 11.3. The second kappa shape index (κ2) is 8.84. The molecule has 4 rings (SSSR count). The zero-order chi connectivity index (χ0) is 20.2. The number of rotatable bonds is 8. The number of nitrogens with one attached hydrogen (secondary N) is 1. The van der Waals surface area contributed by atoms with Gasteiger partial charge in [-0.25, -0.2) is 9.97 Å². The summed E-state index contributed by atoms with van der Waals surface area (Å²) in [7, 11) is 1.40. The Hall–Kier alpha value is -2.58. The van der Waals surface area contributed by atoms with Gasteiger partial charge in [0.1, 0.15) is 16.5 Å². The number of esters is 1. The normalized spacial score (nSPS) is 12.3. The first-order chi connectivity index (χ1) is 14.1. The van der Waals surface area contributed by atoms with E-state index < -0.39 is 0 Å². The van der Waals surface area contributed by atoms with E-state index in [4.69, 9.17) is 26.1 Å². The Labute approximate surface area is 177 Å². The first kappa shape index (κ1) is 19.7. The third-order valence-corrected chi connectivity index (χ3v) is 5.72. The third kappa shape index (κ3) is 4.71. The SMILES string of the molecule is COC(=O)CCCCc1nc(NCc2ccc3c(c2)OCO3)c2cc(Cl)sc2n1.